The van der Waals surface area contributed by atoms with Crippen molar-refractivity contribution in [1.29, 1.82) is 0 Å². The van der Waals surface area contributed by atoms with Crippen LogP contribution in [0, 0.1) is 0 Å². The Bertz CT molecular complexity index is 89.7. The van der Waals surface area contributed by atoms with Crippen molar-refractivity contribution in [3.63, 3.8) is 0 Å². The van der Waals surface area contributed by atoms with E-state index < -0.39 is 0 Å². The van der Waals surface area contributed by atoms with Gasteiger partial charge in [0.25, 0.3) is 6.47 Å². The topological polar surface area (TPSA) is 63.6 Å². The van der Waals surface area contributed by atoms with E-state index in [4.69, 9.17) is 9.90 Å². The molecule has 0 aliphatic rings. The third-order valence-corrected chi connectivity index (χ3v) is 0.594. The van der Waals surface area contributed by atoms with Crippen LogP contribution in [0.5, 0.6) is 0 Å². The molecule has 0 amide bonds. The Hall–Kier alpha value is -1.06. The fourth-order valence-electron chi connectivity index (χ4n) is 0.263. The quantitative estimate of drug-likeness (QED) is 0.461. The van der Waals surface area contributed by atoms with Gasteiger partial charge in [-0.3, -0.25) is 9.59 Å². The van der Waals surface area contributed by atoms with Gasteiger partial charge in [-0.05, 0) is 6.92 Å². The van der Waals surface area contributed by atoms with E-state index >= 15 is 0 Å². The Morgan fingerprint density at radius 2 is 2.00 bits per heavy atom. The van der Waals surface area contributed by atoms with Crippen molar-refractivity contribution in [3.8, 4) is 0 Å². The fourth-order valence-corrected chi connectivity index (χ4v) is 0.263. The Labute approximate surface area is 59.8 Å². The minimum atomic E-state index is -0.250. The van der Waals surface area contributed by atoms with Crippen molar-refractivity contribution < 1.29 is 19.4 Å². The van der Waals surface area contributed by atoms with Gasteiger partial charge in [0.2, 0.25) is 0 Å². The van der Waals surface area contributed by atoms with Gasteiger partial charge in [0.1, 0.15) is 0 Å². The average Bonchev–Trinajstić information content (AvgIpc) is 1.90. The summed E-state index contributed by atoms with van der Waals surface area (Å²) in [6.07, 6.45) is 0.480. The molecule has 0 aromatic rings. The summed E-state index contributed by atoms with van der Waals surface area (Å²) in [4.78, 5) is 18.6. The van der Waals surface area contributed by atoms with E-state index in [9.17, 15) is 4.79 Å². The van der Waals surface area contributed by atoms with Crippen LogP contribution in [0.2, 0.25) is 0 Å². The van der Waals surface area contributed by atoms with Crippen molar-refractivity contribution in [2.75, 3.05) is 6.61 Å². The second kappa shape index (κ2) is 10.8. The maximum absolute atomic E-state index is 10.2. The molecule has 0 fully saturated rings. The molecule has 0 spiro atoms. The van der Waals surface area contributed by atoms with Gasteiger partial charge < -0.3 is 9.84 Å². The maximum atomic E-state index is 10.2. The van der Waals surface area contributed by atoms with Gasteiger partial charge in [0.05, 0.1) is 6.61 Å². The van der Waals surface area contributed by atoms with Gasteiger partial charge in [0, 0.05) is 6.42 Å². The van der Waals surface area contributed by atoms with Crippen LogP contribution in [0.1, 0.15) is 20.3 Å². The molecule has 10 heavy (non-hydrogen) atoms. The SMILES string of the molecule is CCOC(=O)CC.O=CO. The number of carboxylic acid groups (broad SMARTS) is 1. The van der Waals surface area contributed by atoms with Crippen LogP contribution >= 0.6 is 0 Å². The third kappa shape index (κ3) is 15.8. The minimum absolute atomic E-state index is 0.123. The first-order chi connectivity index (χ1) is 4.72. The molecule has 0 aromatic heterocycles. The third-order valence-electron chi connectivity index (χ3n) is 0.594. The summed E-state index contributed by atoms with van der Waals surface area (Å²) < 4.78 is 4.55. The average molecular weight is 148 g/mol. The predicted molar refractivity (Wildman–Crippen MR) is 35.6 cm³/mol. The lowest BCUT2D eigenvalue weighted by Gasteiger charge is -1.93. The number of ether oxygens (including phenoxy) is 1. The molecule has 60 valence electrons. The second-order valence-corrected chi connectivity index (χ2v) is 1.26. The smallest absolute Gasteiger partial charge is 0.305 e. The number of hydrogen-bond acceptors (Lipinski definition) is 3. The van der Waals surface area contributed by atoms with Gasteiger partial charge in [0.15, 0.2) is 0 Å². The monoisotopic (exact) mass is 148 g/mol. The zero-order valence-corrected chi connectivity index (χ0v) is 6.16. The molecule has 0 rings (SSSR count). The lowest BCUT2D eigenvalue weighted by molar-refractivity contribution is -0.142. The first-order valence-electron chi connectivity index (χ1n) is 2.96. The van der Waals surface area contributed by atoms with E-state index in [0.717, 1.165) is 0 Å². The van der Waals surface area contributed by atoms with E-state index in [0.29, 0.717) is 13.0 Å². The molecule has 0 radical (unpaired) electrons. The fraction of sp³-hybridized carbons (Fsp3) is 0.667. The molecule has 0 heterocycles. The number of carbonyl (C=O) groups is 2. The first kappa shape index (κ1) is 11.7. The summed E-state index contributed by atoms with van der Waals surface area (Å²) in [6, 6.07) is 0. The van der Waals surface area contributed by atoms with Gasteiger partial charge in [-0.2, -0.15) is 0 Å². The van der Waals surface area contributed by atoms with Crippen molar-refractivity contribution >= 4 is 12.4 Å². The molecular weight excluding hydrogens is 136 g/mol. The number of carbonyl (C=O) groups excluding carboxylic acids is 1. The Morgan fingerprint density at radius 1 is 1.60 bits per heavy atom. The molecule has 0 saturated heterocycles. The van der Waals surface area contributed by atoms with Crippen LogP contribution in [0.25, 0.3) is 0 Å². The summed E-state index contributed by atoms with van der Waals surface area (Å²) in [5.74, 6) is -0.123. The van der Waals surface area contributed by atoms with Crippen molar-refractivity contribution in [3.05, 3.63) is 0 Å². The van der Waals surface area contributed by atoms with Crippen LogP contribution in [0.15, 0.2) is 0 Å². The van der Waals surface area contributed by atoms with Crippen molar-refractivity contribution in [2.45, 2.75) is 20.3 Å². The predicted octanol–water partition coefficient (Wildman–Crippen LogP) is 0.660. The Morgan fingerprint density at radius 3 is 2.10 bits per heavy atom. The number of hydrogen-bond donors (Lipinski definition) is 1. The largest absolute Gasteiger partial charge is 0.483 e. The molecule has 1 N–H and O–H groups in total. The Balaban J connectivity index is 0. The van der Waals surface area contributed by atoms with Crippen LogP contribution in [0.4, 0.5) is 0 Å². The van der Waals surface area contributed by atoms with Crippen LogP contribution in [-0.4, -0.2) is 24.2 Å². The molecule has 0 aliphatic heterocycles. The van der Waals surface area contributed by atoms with Gasteiger partial charge in [-0.15, -0.1) is 0 Å². The highest BCUT2D eigenvalue weighted by Gasteiger charge is 1.91. The van der Waals surface area contributed by atoms with Crippen molar-refractivity contribution in [1.82, 2.24) is 0 Å². The van der Waals surface area contributed by atoms with E-state index in [2.05, 4.69) is 4.74 Å². The highest BCUT2D eigenvalue weighted by Crippen LogP contribution is 1.80. The van der Waals surface area contributed by atoms with Crippen LogP contribution in [-0.2, 0) is 14.3 Å². The van der Waals surface area contributed by atoms with Crippen LogP contribution < -0.4 is 0 Å². The molecule has 0 unspecified atom stereocenters. The van der Waals surface area contributed by atoms with E-state index in [1.165, 1.54) is 0 Å². The van der Waals surface area contributed by atoms with E-state index in [1.807, 2.05) is 0 Å². The van der Waals surface area contributed by atoms with Crippen molar-refractivity contribution in [2.24, 2.45) is 0 Å². The highest BCUT2D eigenvalue weighted by atomic mass is 16.5. The zero-order valence-electron chi connectivity index (χ0n) is 6.16. The minimum Gasteiger partial charge on any atom is -0.483 e. The molecule has 0 aromatic carbocycles. The molecule has 4 heteroatoms. The lowest BCUT2D eigenvalue weighted by atomic mass is 10.5. The molecule has 0 aliphatic carbocycles. The zero-order chi connectivity index (χ0) is 8.41. The molecular formula is C6H12O4. The van der Waals surface area contributed by atoms with Gasteiger partial charge in [-0.25, -0.2) is 0 Å². The summed E-state index contributed by atoms with van der Waals surface area (Å²) in [5, 5.41) is 6.89. The summed E-state index contributed by atoms with van der Waals surface area (Å²) in [6.45, 7) is 3.82. The number of esters is 1. The summed E-state index contributed by atoms with van der Waals surface area (Å²) in [5.41, 5.74) is 0. The first-order valence-corrected chi connectivity index (χ1v) is 2.96. The highest BCUT2D eigenvalue weighted by molar-refractivity contribution is 5.68. The van der Waals surface area contributed by atoms with Gasteiger partial charge >= 0.3 is 5.97 Å². The lowest BCUT2D eigenvalue weighted by Crippen LogP contribution is -2.00. The Kier molecular flexibility index (Phi) is 12.7. The summed E-state index contributed by atoms with van der Waals surface area (Å²) >= 11 is 0. The second-order valence-electron chi connectivity index (χ2n) is 1.26. The van der Waals surface area contributed by atoms with E-state index in [-0.39, 0.29) is 12.4 Å². The molecule has 0 bridgehead atoms. The molecule has 0 atom stereocenters. The molecule has 0 saturated carbocycles. The number of rotatable bonds is 2. The van der Waals surface area contributed by atoms with Gasteiger partial charge in [-0.1, -0.05) is 6.92 Å². The normalized spacial score (nSPS) is 7.00. The maximum Gasteiger partial charge on any atom is 0.305 e. The molecule has 4 nitrogen and oxygen atoms in total. The van der Waals surface area contributed by atoms with E-state index in [1.54, 1.807) is 13.8 Å². The van der Waals surface area contributed by atoms with Crippen LogP contribution in [0.3, 0.4) is 0 Å². The summed E-state index contributed by atoms with van der Waals surface area (Å²) in [7, 11) is 0. The standard InChI is InChI=1S/C5H10O2.CH2O2/c1-3-5(6)7-4-2;2-1-3/h3-4H2,1-2H3;1H,(H,2,3).